The van der Waals surface area contributed by atoms with E-state index in [2.05, 4.69) is 10.6 Å². The first-order chi connectivity index (χ1) is 13.1. The largest absolute Gasteiger partial charge is 0.416 e. The lowest BCUT2D eigenvalue weighted by Gasteiger charge is -2.16. The van der Waals surface area contributed by atoms with Crippen LogP contribution >= 0.6 is 0 Å². The third-order valence-corrected chi connectivity index (χ3v) is 4.06. The molecule has 0 saturated heterocycles. The number of nitrogens with zero attached hydrogens (tertiary/aromatic N) is 1. The number of carbonyl (C=O) groups is 2. The summed E-state index contributed by atoms with van der Waals surface area (Å²) >= 11 is 0. The number of rotatable bonds is 6. The quantitative estimate of drug-likeness (QED) is 0.785. The van der Waals surface area contributed by atoms with Crippen LogP contribution in [0.3, 0.4) is 0 Å². The van der Waals surface area contributed by atoms with E-state index in [1.54, 1.807) is 45.3 Å². The molecule has 28 heavy (non-hydrogen) atoms. The second kappa shape index (κ2) is 8.77. The molecular formula is C20H22F3N3O2. The molecule has 0 aliphatic heterocycles. The van der Waals surface area contributed by atoms with E-state index in [0.717, 1.165) is 17.7 Å². The van der Waals surface area contributed by atoms with Gasteiger partial charge in [-0.25, -0.2) is 0 Å². The first-order valence-corrected chi connectivity index (χ1v) is 8.60. The molecule has 2 rings (SSSR count). The molecular weight excluding hydrogens is 371 g/mol. The van der Waals surface area contributed by atoms with Crippen molar-refractivity contribution in [1.29, 1.82) is 0 Å². The van der Waals surface area contributed by atoms with Crippen molar-refractivity contribution in [2.45, 2.75) is 25.6 Å². The van der Waals surface area contributed by atoms with Crippen LogP contribution in [0.2, 0.25) is 0 Å². The summed E-state index contributed by atoms with van der Waals surface area (Å²) in [5.41, 5.74) is 1.05. The van der Waals surface area contributed by atoms with Gasteiger partial charge in [0.2, 0.25) is 11.8 Å². The minimum atomic E-state index is -4.42. The predicted octanol–water partition coefficient (Wildman–Crippen LogP) is 3.78. The summed E-state index contributed by atoms with van der Waals surface area (Å²) in [4.78, 5) is 25.5. The number of anilines is 2. The van der Waals surface area contributed by atoms with Crippen LogP contribution in [0.5, 0.6) is 0 Å². The van der Waals surface area contributed by atoms with Crippen LogP contribution in [0.4, 0.5) is 24.5 Å². The molecule has 150 valence electrons. The van der Waals surface area contributed by atoms with Gasteiger partial charge < -0.3 is 15.5 Å². The standard InChI is InChI=1S/C20H22F3N3O2/c1-13(19(28)25-17-10-6-15(7-11-17)20(21,22)23)24-16-8-4-14(5-9-16)12-18(27)26(2)3/h4-11,13,24H,12H2,1-3H3,(H,25,28). The summed E-state index contributed by atoms with van der Waals surface area (Å²) in [5.74, 6) is -0.392. The van der Waals surface area contributed by atoms with E-state index in [1.165, 1.54) is 17.0 Å². The topological polar surface area (TPSA) is 61.4 Å². The van der Waals surface area contributed by atoms with Crippen LogP contribution in [0.25, 0.3) is 0 Å². The van der Waals surface area contributed by atoms with E-state index in [1.807, 2.05) is 0 Å². The van der Waals surface area contributed by atoms with Gasteiger partial charge in [0, 0.05) is 25.5 Å². The van der Waals surface area contributed by atoms with Gasteiger partial charge in [0.15, 0.2) is 0 Å². The van der Waals surface area contributed by atoms with Crippen LogP contribution in [-0.4, -0.2) is 36.9 Å². The van der Waals surface area contributed by atoms with E-state index < -0.39 is 17.8 Å². The lowest BCUT2D eigenvalue weighted by Crippen LogP contribution is -2.31. The Balaban J connectivity index is 1.92. The molecule has 0 aliphatic rings. The van der Waals surface area contributed by atoms with E-state index in [-0.39, 0.29) is 23.9 Å². The Labute approximate surface area is 161 Å². The van der Waals surface area contributed by atoms with Crippen molar-refractivity contribution < 1.29 is 22.8 Å². The lowest BCUT2D eigenvalue weighted by atomic mass is 10.1. The molecule has 0 spiro atoms. The molecule has 2 aromatic carbocycles. The lowest BCUT2D eigenvalue weighted by molar-refractivity contribution is -0.137. The fourth-order valence-corrected chi connectivity index (χ4v) is 2.36. The van der Waals surface area contributed by atoms with Gasteiger partial charge in [-0.05, 0) is 48.9 Å². The second-order valence-corrected chi connectivity index (χ2v) is 6.59. The van der Waals surface area contributed by atoms with Crippen LogP contribution in [0.15, 0.2) is 48.5 Å². The third-order valence-electron chi connectivity index (χ3n) is 4.06. The van der Waals surface area contributed by atoms with E-state index >= 15 is 0 Å². The molecule has 0 bridgehead atoms. The van der Waals surface area contributed by atoms with Gasteiger partial charge in [-0.1, -0.05) is 12.1 Å². The summed E-state index contributed by atoms with van der Waals surface area (Å²) in [7, 11) is 3.38. The maximum atomic E-state index is 12.6. The first-order valence-electron chi connectivity index (χ1n) is 8.60. The normalized spacial score (nSPS) is 12.2. The van der Waals surface area contributed by atoms with Gasteiger partial charge in [-0.2, -0.15) is 13.2 Å². The summed E-state index contributed by atoms with van der Waals surface area (Å²) in [6.07, 6.45) is -4.13. The average Bonchev–Trinajstić information content (AvgIpc) is 2.62. The van der Waals surface area contributed by atoms with Gasteiger partial charge in [-0.15, -0.1) is 0 Å². The summed E-state index contributed by atoms with van der Waals surface area (Å²) in [5, 5.41) is 5.59. The Morgan fingerprint density at radius 1 is 0.964 bits per heavy atom. The Morgan fingerprint density at radius 3 is 2.00 bits per heavy atom. The summed E-state index contributed by atoms with van der Waals surface area (Å²) in [6.45, 7) is 1.64. The molecule has 2 aromatic rings. The molecule has 1 atom stereocenters. The Bertz CT molecular complexity index is 816. The van der Waals surface area contributed by atoms with Crippen LogP contribution in [0, 0.1) is 0 Å². The summed E-state index contributed by atoms with van der Waals surface area (Å²) in [6, 6.07) is 10.8. The smallest absolute Gasteiger partial charge is 0.374 e. The van der Waals surface area contributed by atoms with Gasteiger partial charge in [-0.3, -0.25) is 9.59 Å². The van der Waals surface area contributed by atoms with Crippen molar-refractivity contribution in [2.24, 2.45) is 0 Å². The number of benzene rings is 2. The van der Waals surface area contributed by atoms with E-state index in [9.17, 15) is 22.8 Å². The maximum Gasteiger partial charge on any atom is 0.416 e. The minimum Gasteiger partial charge on any atom is -0.374 e. The molecule has 0 saturated carbocycles. The molecule has 0 aromatic heterocycles. The number of halogens is 3. The Morgan fingerprint density at radius 2 is 1.50 bits per heavy atom. The SMILES string of the molecule is CC(Nc1ccc(CC(=O)N(C)C)cc1)C(=O)Nc1ccc(C(F)(F)F)cc1. The maximum absolute atomic E-state index is 12.6. The number of likely N-dealkylation sites (N-methyl/N-ethyl adjacent to an activating group) is 1. The number of carbonyl (C=O) groups excluding carboxylic acids is 2. The van der Waals surface area contributed by atoms with Crippen molar-refractivity contribution in [2.75, 3.05) is 24.7 Å². The highest BCUT2D eigenvalue weighted by Gasteiger charge is 2.30. The fourth-order valence-electron chi connectivity index (χ4n) is 2.36. The van der Waals surface area contributed by atoms with Crippen LogP contribution < -0.4 is 10.6 Å². The number of nitrogens with one attached hydrogen (secondary N) is 2. The van der Waals surface area contributed by atoms with Crippen molar-refractivity contribution in [1.82, 2.24) is 4.90 Å². The van der Waals surface area contributed by atoms with Gasteiger partial charge in [0.05, 0.1) is 12.0 Å². The Kier molecular flexibility index (Phi) is 6.66. The van der Waals surface area contributed by atoms with Gasteiger partial charge in [0.25, 0.3) is 0 Å². The summed E-state index contributed by atoms with van der Waals surface area (Å²) < 4.78 is 37.7. The monoisotopic (exact) mass is 393 g/mol. The molecule has 2 amide bonds. The van der Waals surface area contributed by atoms with Gasteiger partial charge in [0.1, 0.15) is 6.04 Å². The highest BCUT2D eigenvalue weighted by atomic mass is 19.4. The molecule has 1 unspecified atom stereocenters. The highest BCUT2D eigenvalue weighted by Crippen LogP contribution is 2.29. The molecule has 0 aliphatic carbocycles. The van der Waals surface area contributed by atoms with Crippen molar-refractivity contribution in [3.8, 4) is 0 Å². The zero-order valence-corrected chi connectivity index (χ0v) is 15.8. The number of hydrogen-bond donors (Lipinski definition) is 2. The molecule has 8 heteroatoms. The number of hydrogen-bond acceptors (Lipinski definition) is 3. The number of alkyl halides is 3. The average molecular weight is 393 g/mol. The zero-order chi connectivity index (χ0) is 20.9. The van der Waals surface area contributed by atoms with Gasteiger partial charge >= 0.3 is 6.18 Å². The number of amides is 2. The van der Waals surface area contributed by atoms with E-state index in [0.29, 0.717) is 5.69 Å². The van der Waals surface area contributed by atoms with Crippen LogP contribution in [-0.2, 0) is 22.2 Å². The molecule has 0 radical (unpaired) electrons. The van der Waals surface area contributed by atoms with Crippen molar-refractivity contribution in [3.63, 3.8) is 0 Å². The third kappa shape index (κ3) is 6.00. The predicted molar refractivity (Wildman–Crippen MR) is 102 cm³/mol. The Hall–Kier alpha value is -3.03. The molecule has 2 N–H and O–H groups in total. The van der Waals surface area contributed by atoms with Crippen LogP contribution in [0.1, 0.15) is 18.1 Å². The van der Waals surface area contributed by atoms with E-state index in [4.69, 9.17) is 0 Å². The van der Waals surface area contributed by atoms with Crippen molar-refractivity contribution in [3.05, 3.63) is 59.7 Å². The van der Waals surface area contributed by atoms with Crippen molar-refractivity contribution >= 4 is 23.2 Å². The first kappa shape index (κ1) is 21.3. The fraction of sp³-hybridized carbons (Fsp3) is 0.300. The molecule has 0 heterocycles. The molecule has 0 fully saturated rings. The molecule has 5 nitrogen and oxygen atoms in total. The zero-order valence-electron chi connectivity index (χ0n) is 15.8. The minimum absolute atomic E-state index is 0.00926. The second-order valence-electron chi connectivity index (χ2n) is 6.59. The highest BCUT2D eigenvalue weighted by molar-refractivity contribution is 5.96.